The van der Waals surface area contributed by atoms with Crippen LogP contribution < -0.4 is 15.5 Å². The Labute approximate surface area is 187 Å². The average Bonchev–Trinajstić information content (AvgIpc) is 3.30. The number of aliphatic imine (C=N–C) groups is 1. The quantitative estimate of drug-likeness (QED) is 0.616. The summed E-state index contributed by atoms with van der Waals surface area (Å²) < 4.78 is 0. The summed E-state index contributed by atoms with van der Waals surface area (Å²) in [6.07, 6.45) is 10.3. The number of rotatable bonds is 3. The first-order valence-electron chi connectivity index (χ1n) is 10.9. The van der Waals surface area contributed by atoms with Crippen LogP contribution in [0.1, 0.15) is 50.5 Å². The molecule has 1 saturated carbocycles. The second kappa shape index (κ2) is 8.27. The third kappa shape index (κ3) is 3.85. The summed E-state index contributed by atoms with van der Waals surface area (Å²) >= 11 is 12.5. The van der Waals surface area contributed by atoms with Crippen LogP contribution in [0.15, 0.2) is 35.5 Å². The first-order chi connectivity index (χ1) is 14.6. The molecule has 0 atom stereocenters. The SMILES string of the molecule is Clc1cc2c(cc1Cl)NC1(CCCCC1)C(NCc1ccc(N3CCCC3)nc1)=N2. The van der Waals surface area contributed by atoms with E-state index in [0.717, 1.165) is 54.5 Å². The molecule has 0 bridgehead atoms. The fourth-order valence-corrected chi connectivity index (χ4v) is 5.16. The Bertz CT molecular complexity index is 945. The van der Waals surface area contributed by atoms with Crippen LogP contribution in [-0.4, -0.2) is 29.4 Å². The van der Waals surface area contributed by atoms with E-state index in [1.807, 2.05) is 18.3 Å². The van der Waals surface area contributed by atoms with Gasteiger partial charge >= 0.3 is 0 Å². The van der Waals surface area contributed by atoms with Gasteiger partial charge in [-0.15, -0.1) is 0 Å². The summed E-state index contributed by atoms with van der Waals surface area (Å²) in [5.41, 5.74) is 2.80. The zero-order valence-corrected chi connectivity index (χ0v) is 18.6. The van der Waals surface area contributed by atoms with E-state index >= 15 is 0 Å². The molecule has 0 amide bonds. The van der Waals surface area contributed by atoms with Crippen LogP contribution in [0.25, 0.3) is 0 Å². The van der Waals surface area contributed by atoms with Gasteiger partial charge in [-0.25, -0.2) is 9.98 Å². The Balaban J connectivity index is 1.37. The normalized spacial score (nSPS) is 19.9. The van der Waals surface area contributed by atoms with Gasteiger partial charge in [-0.1, -0.05) is 48.5 Å². The molecule has 158 valence electrons. The van der Waals surface area contributed by atoms with Crippen LogP contribution in [0.4, 0.5) is 17.2 Å². The Hall–Kier alpha value is -1.98. The molecule has 2 aromatic rings. The summed E-state index contributed by atoms with van der Waals surface area (Å²) in [5.74, 6) is 2.08. The highest BCUT2D eigenvalue weighted by Gasteiger charge is 2.40. The molecule has 1 spiro atoms. The first kappa shape index (κ1) is 20.0. The van der Waals surface area contributed by atoms with Gasteiger partial charge in [0.1, 0.15) is 11.7 Å². The van der Waals surface area contributed by atoms with E-state index in [-0.39, 0.29) is 5.54 Å². The van der Waals surface area contributed by atoms with Gasteiger partial charge in [-0.3, -0.25) is 0 Å². The molecule has 0 unspecified atom stereocenters. The fraction of sp³-hybridized carbons (Fsp3) is 0.478. The van der Waals surface area contributed by atoms with Gasteiger partial charge in [0.25, 0.3) is 0 Å². The topological polar surface area (TPSA) is 52.5 Å². The van der Waals surface area contributed by atoms with Gasteiger partial charge < -0.3 is 15.5 Å². The Morgan fingerprint density at radius 2 is 1.77 bits per heavy atom. The molecule has 1 aromatic carbocycles. The van der Waals surface area contributed by atoms with Crippen LogP contribution in [0.3, 0.4) is 0 Å². The van der Waals surface area contributed by atoms with E-state index in [2.05, 4.69) is 32.7 Å². The van der Waals surface area contributed by atoms with Crippen molar-refractivity contribution >= 4 is 46.2 Å². The molecule has 3 aliphatic rings. The van der Waals surface area contributed by atoms with Crippen molar-refractivity contribution in [2.24, 2.45) is 4.99 Å². The van der Waals surface area contributed by atoms with Crippen molar-refractivity contribution in [2.45, 2.75) is 57.0 Å². The second-order valence-electron chi connectivity index (χ2n) is 8.58. The summed E-state index contributed by atoms with van der Waals surface area (Å²) in [6, 6.07) is 8.05. The highest BCUT2D eigenvalue weighted by Crippen LogP contribution is 2.43. The van der Waals surface area contributed by atoms with Crippen LogP contribution >= 0.6 is 23.2 Å². The van der Waals surface area contributed by atoms with Crippen molar-refractivity contribution in [3.05, 3.63) is 46.1 Å². The number of fused-ring (bicyclic) bond motifs is 1. The molecule has 3 heterocycles. The van der Waals surface area contributed by atoms with E-state index in [9.17, 15) is 0 Å². The van der Waals surface area contributed by atoms with E-state index in [0.29, 0.717) is 16.6 Å². The van der Waals surface area contributed by atoms with Gasteiger partial charge in [0.2, 0.25) is 0 Å². The minimum Gasteiger partial charge on any atom is -0.371 e. The van der Waals surface area contributed by atoms with Crippen molar-refractivity contribution in [1.29, 1.82) is 0 Å². The molecule has 30 heavy (non-hydrogen) atoms. The Kier molecular flexibility index (Phi) is 5.50. The number of hydrogen-bond donors (Lipinski definition) is 2. The molecule has 5 nitrogen and oxygen atoms in total. The molecule has 5 rings (SSSR count). The molecule has 2 fully saturated rings. The molecule has 1 saturated heterocycles. The predicted molar refractivity (Wildman–Crippen MR) is 126 cm³/mol. The molecule has 2 N–H and O–H groups in total. The van der Waals surface area contributed by atoms with Gasteiger partial charge in [0.05, 0.1) is 27.0 Å². The van der Waals surface area contributed by atoms with Crippen molar-refractivity contribution in [1.82, 2.24) is 10.3 Å². The minimum absolute atomic E-state index is 0.161. The van der Waals surface area contributed by atoms with Gasteiger partial charge in [0.15, 0.2) is 0 Å². The molecule has 2 aliphatic heterocycles. The lowest BCUT2D eigenvalue weighted by Crippen LogP contribution is -2.54. The highest BCUT2D eigenvalue weighted by molar-refractivity contribution is 6.42. The predicted octanol–water partition coefficient (Wildman–Crippen LogP) is 5.94. The molecule has 1 aromatic heterocycles. The van der Waals surface area contributed by atoms with Crippen molar-refractivity contribution in [3.63, 3.8) is 0 Å². The van der Waals surface area contributed by atoms with Crippen LogP contribution in [0, 0.1) is 0 Å². The van der Waals surface area contributed by atoms with Crippen molar-refractivity contribution in [2.75, 3.05) is 23.3 Å². The molecular weight excluding hydrogens is 417 g/mol. The number of pyridine rings is 1. The maximum atomic E-state index is 6.26. The maximum Gasteiger partial charge on any atom is 0.128 e. The Morgan fingerprint density at radius 1 is 1.00 bits per heavy atom. The molecule has 7 heteroatoms. The third-order valence-electron chi connectivity index (χ3n) is 6.50. The van der Waals surface area contributed by atoms with Crippen LogP contribution in [0.5, 0.6) is 0 Å². The number of halogens is 2. The lowest BCUT2D eigenvalue weighted by atomic mass is 9.79. The lowest BCUT2D eigenvalue weighted by Gasteiger charge is -2.42. The summed E-state index contributed by atoms with van der Waals surface area (Å²) in [4.78, 5) is 12.0. The van der Waals surface area contributed by atoms with E-state index in [1.54, 1.807) is 0 Å². The molecule has 0 radical (unpaired) electrons. The number of nitrogens with zero attached hydrogens (tertiary/aromatic N) is 3. The van der Waals surface area contributed by atoms with Crippen molar-refractivity contribution < 1.29 is 0 Å². The Morgan fingerprint density at radius 3 is 2.50 bits per heavy atom. The summed E-state index contributed by atoms with van der Waals surface area (Å²) in [6.45, 7) is 2.93. The molecule has 1 aliphatic carbocycles. The number of amidine groups is 1. The zero-order valence-electron chi connectivity index (χ0n) is 17.1. The largest absolute Gasteiger partial charge is 0.371 e. The minimum atomic E-state index is -0.161. The number of nitrogens with one attached hydrogen (secondary N) is 2. The number of anilines is 2. The van der Waals surface area contributed by atoms with E-state index < -0.39 is 0 Å². The maximum absolute atomic E-state index is 6.26. The van der Waals surface area contributed by atoms with Gasteiger partial charge in [-0.2, -0.15) is 0 Å². The standard InChI is InChI=1S/C23H27Cl2N5/c24-17-12-19-20(13-18(17)25)29-23(8-2-1-3-9-23)22(28-19)27-15-16-6-7-21(26-14-16)30-10-4-5-11-30/h6-7,12-14,29H,1-5,8-11,15H2,(H,27,28). The van der Waals surface area contributed by atoms with Crippen LogP contribution in [0.2, 0.25) is 10.0 Å². The van der Waals surface area contributed by atoms with E-state index in [1.165, 1.54) is 32.1 Å². The van der Waals surface area contributed by atoms with Crippen LogP contribution in [-0.2, 0) is 6.54 Å². The lowest BCUT2D eigenvalue weighted by molar-refractivity contribution is 0.396. The smallest absolute Gasteiger partial charge is 0.128 e. The van der Waals surface area contributed by atoms with Gasteiger partial charge in [-0.05, 0) is 49.4 Å². The van der Waals surface area contributed by atoms with E-state index in [4.69, 9.17) is 28.2 Å². The zero-order chi connectivity index (χ0) is 20.6. The first-order valence-corrected chi connectivity index (χ1v) is 11.7. The van der Waals surface area contributed by atoms with Gasteiger partial charge in [0, 0.05) is 25.8 Å². The monoisotopic (exact) mass is 443 g/mol. The second-order valence-corrected chi connectivity index (χ2v) is 9.40. The third-order valence-corrected chi connectivity index (χ3v) is 7.23. The number of aromatic nitrogens is 1. The summed E-state index contributed by atoms with van der Waals surface area (Å²) in [7, 11) is 0. The number of benzene rings is 1. The van der Waals surface area contributed by atoms with Crippen molar-refractivity contribution in [3.8, 4) is 0 Å². The number of hydrogen-bond acceptors (Lipinski definition) is 5. The average molecular weight is 444 g/mol. The highest BCUT2D eigenvalue weighted by atomic mass is 35.5. The molecular formula is C23H27Cl2N5. The summed E-state index contributed by atoms with van der Waals surface area (Å²) in [5, 5.41) is 8.46. The fourth-order valence-electron chi connectivity index (χ4n) is 4.84.